The summed E-state index contributed by atoms with van der Waals surface area (Å²) in [7, 11) is -3.10. The van der Waals surface area contributed by atoms with Gasteiger partial charge in [-0.2, -0.15) is 0 Å². The lowest BCUT2D eigenvalue weighted by atomic mass is 10.0. The van der Waals surface area contributed by atoms with E-state index in [9.17, 15) is 18.0 Å². The van der Waals surface area contributed by atoms with E-state index >= 15 is 0 Å². The van der Waals surface area contributed by atoms with Gasteiger partial charge in [0.2, 0.25) is 0 Å². The molecule has 8 heteroatoms. The van der Waals surface area contributed by atoms with E-state index in [1.807, 2.05) is 17.5 Å². The molecule has 0 radical (unpaired) electrons. The fraction of sp³-hybridized carbons (Fsp3) is 0.429. The van der Waals surface area contributed by atoms with Crippen LogP contribution < -0.4 is 5.32 Å². The summed E-state index contributed by atoms with van der Waals surface area (Å²) in [5.74, 6) is -1.14. The van der Waals surface area contributed by atoms with Crippen molar-refractivity contribution in [2.45, 2.75) is 18.9 Å². The van der Waals surface area contributed by atoms with E-state index < -0.39 is 33.9 Å². The molecule has 1 aliphatic heterocycles. The van der Waals surface area contributed by atoms with E-state index in [1.54, 1.807) is 13.0 Å². The van der Waals surface area contributed by atoms with Crippen LogP contribution in [0.5, 0.6) is 0 Å². The monoisotopic (exact) mass is 343 g/mol. The van der Waals surface area contributed by atoms with Crippen molar-refractivity contribution in [3.8, 4) is 0 Å². The molecule has 1 aliphatic rings. The summed E-state index contributed by atoms with van der Waals surface area (Å²) in [5, 5.41) is 4.50. The van der Waals surface area contributed by atoms with Gasteiger partial charge in [0.25, 0.3) is 5.91 Å². The van der Waals surface area contributed by atoms with Crippen LogP contribution >= 0.6 is 11.3 Å². The highest BCUT2D eigenvalue weighted by Gasteiger charge is 2.39. The molecule has 1 N–H and O–H groups in total. The van der Waals surface area contributed by atoms with E-state index in [0.717, 1.165) is 4.88 Å². The highest BCUT2D eigenvalue weighted by atomic mass is 32.2. The fourth-order valence-corrected chi connectivity index (χ4v) is 4.91. The van der Waals surface area contributed by atoms with Crippen LogP contribution in [0.2, 0.25) is 0 Å². The van der Waals surface area contributed by atoms with Gasteiger partial charge in [0.15, 0.2) is 16.4 Å². The lowest BCUT2D eigenvalue weighted by Crippen LogP contribution is -2.48. The van der Waals surface area contributed by atoms with Gasteiger partial charge in [0.1, 0.15) is 0 Å². The van der Waals surface area contributed by atoms with Crippen LogP contribution in [0, 0.1) is 0 Å². The molecule has 120 valence electrons. The third-order valence-electron chi connectivity index (χ3n) is 3.22. The molecule has 0 bridgehead atoms. The van der Waals surface area contributed by atoms with Gasteiger partial charge in [0, 0.05) is 11.0 Å². The molecular formula is C14H17NO5S2. The number of carbonyl (C=O) groups is 2. The molecule has 1 fully saturated rings. The zero-order valence-corrected chi connectivity index (χ0v) is 13.7. The quantitative estimate of drug-likeness (QED) is 0.636. The summed E-state index contributed by atoms with van der Waals surface area (Å²) >= 11 is 1.48. The minimum Gasteiger partial charge on any atom is -0.452 e. The fourth-order valence-electron chi connectivity index (χ4n) is 2.20. The smallest absolute Gasteiger partial charge is 0.331 e. The minimum atomic E-state index is -3.10. The first kappa shape index (κ1) is 16.7. The molecule has 2 heterocycles. The zero-order valence-electron chi connectivity index (χ0n) is 12.1. The molecular weight excluding hydrogens is 326 g/mol. The second kappa shape index (κ2) is 6.62. The second-order valence-corrected chi connectivity index (χ2v) is 8.57. The van der Waals surface area contributed by atoms with Crippen molar-refractivity contribution in [3.63, 3.8) is 0 Å². The van der Waals surface area contributed by atoms with Crippen molar-refractivity contribution in [3.05, 3.63) is 28.5 Å². The predicted octanol–water partition coefficient (Wildman–Crippen LogP) is 0.998. The number of hydrogen-bond donors (Lipinski definition) is 1. The second-order valence-electron chi connectivity index (χ2n) is 5.41. The normalized spacial score (nSPS) is 23.5. The third-order valence-corrected chi connectivity index (χ3v) is 5.96. The molecule has 1 saturated heterocycles. The maximum absolute atomic E-state index is 11.7. The number of thiophene rings is 1. The predicted molar refractivity (Wildman–Crippen MR) is 84.1 cm³/mol. The van der Waals surface area contributed by atoms with E-state index in [0.29, 0.717) is 6.42 Å². The van der Waals surface area contributed by atoms with Crippen molar-refractivity contribution in [1.29, 1.82) is 0 Å². The Morgan fingerprint density at radius 2 is 2.27 bits per heavy atom. The van der Waals surface area contributed by atoms with Crippen LogP contribution in [-0.2, 0) is 24.2 Å². The summed E-state index contributed by atoms with van der Waals surface area (Å²) in [6.07, 6.45) is 3.23. The number of esters is 1. The van der Waals surface area contributed by atoms with Gasteiger partial charge in [-0.3, -0.25) is 4.79 Å². The van der Waals surface area contributed by atoms with Crippen LogP contribution in [0.4, 0.5) is 0 Å². The van der Waals surface area contributed by atoms with Crippen molar-refractivity contribution in [2.24, 2.45) is 0 Å². The van der Waals surface area contributed by atoms with Crippen LogP contribution in [-0.4, -0.2) is 43.9 Å². The Morgan fingerprint density at radius 3 is 2.86 bits per heavy atom. The summed E-state index contributed by atoms with van der Waals surface area (Å²) < 4.78 is 27.7. The Morgan fingerprint density at radius 1 is 1.50 bits per heavy atom. The zero-order chi connectivity index (χ0) is 16.2. The van der Waals surface area contributed by atoms with Gasteiger partial charge >= 0.3 is 5.97 Å². The number of nitrogens with one attached hydrogen (secondary N) is 1. The highest BCUT2D eigenvalue weighted by molar-refractivity contribution is 7.91. The van der Waals surface area contributed by atoms with Gasteiger partial charge in [-0.05, 0) is 30.9 Å². The van der Waals surface area contributed by atoms with Crippen LogP contribution in [0.3, 0.4) is 0 Å². The van der Waals surface area contributed by atoms with Crippen molar-refractivity contribution in [1.82, 2.24) is 5.32 Å². The number of amides is 1. The van der Waals surface area contributed by atoms with Crippen LogP contribution in [0.25, 0.3) is 6.08 Å². The average molecular weight is 343 g/mol. The van der Waals surface area contributed by atoms with E-state index in [2.05, 4.69) is 5.32 Å². The molecule has 1 atom stereocenters. The molecule has 0 spiro atoms. The van der Waals surface area contributed by atoms with Gasteiger partial charge < -0.3 is 10.1 Å². The number of ether oxygens (including phenoxy) is 1. The van der Waals surface area contributed by atoms with Crippen molar-refractivity contribution >= 4 is 39.1 Å². The molecule has 1 aromatic heterocycles. The van der Waals surface area contributed by atoms with Crippen molar-refractivity contribution < 1.29 is 22.7 Å². The van der Waals surface area contributed by atoms with Gasteiger partial charge in [-0.25, -0.2) is 13.2 Å². The molecule has 22 heavy (non-hydrogen) atoms. The van der Waals surface area contributed by atoms with E-state index in [1.165, 1.54) is 17.4 Å². The molecule has 0 aliphatic carbocycles. The largest absolute Gasteiger partial charge is 0.452 e. The lowest BCUT2D eigenvalue weighted by molar-refractivity contribution is -0.144. The van der Waals surface area contributed by atoms with Crippen molar-refractivity contribution in [2.75, 3.05) is 18.1 Å². The van der Waals surface area contributed by atoms with Gasteiger partial charge in [0.05, 0.1) is 17.0 Å². The molecule has 1 aromatic rings. The lowest BCUT2D eigenvalue weighted by Gasteiger charge is -2.23. The summed E-state index contributed by atoms with van der Waals surface area (Å²) in [5.41, 5.74) is -0.783. The van der Waals surface area contributed by atoms with Gasteiger partial charge in [-0.1, -0.05) is 6.07 Å². The molecule has 0 aromatic carbocycles. The Hall–Kier alpha value is -1.67. The Bertz CT molecular complexity index is 678. The van der Waals surface area contributed by atoms with E-state index in [4.69, 9.17) is 4.74 Å². The number of sulfone groups is 1. The Labute approximate surface area is 133 Å². The highest BCUT2D eigenvalue weighted by Crippen LogP contribution is 2.22. The standard InChI is InChI=1S/C14H17NO5S2/c1-14(6-8-22(18,19)10-14)15-12(16)9-20-13(17)5-4-11-3-2-7-21-11/h2-5,7H,6,8-10H2,1H3,(H,15,16)/b5-4+/t14-/m0/s1. The topological polar surface area (TPSA) is 89.5 Å². The van der Waals surface area contributed by atoms with Gasteiger partial charge in [-0.15, -0.1) is 11.3 Å². The molecule has 0 unspecified atom stereocenters. The third kappa shape index (κ3) is 4.96. The first-order valence-electron chi connectivity index (χ1n) is 6.68. The summed E-state index contributed by atoms with van der Waals surface area (Å²) in [6, 6.07) is 3.71. The summed E-state index contributed by atoms with van der Waals surface area (Å²) in [6.45, 7) is 1.25. The molecule has 6 nitrogen and oxygen atoms in total. The molecule has 1 amide bonds. The molecule has 0 saturated carbocycles. The number of hydrogen-bond acceptors (Lipinski definition) is 6. The maximum atomic E-state index is 11.7. The Kier molecular flexibility index (Phi) is 5.02. The number of carbonyl (C=O) groups excluding carboxylic acids is 2. The SMILES string of the molecule is C[C@]1(NC(=O)COC(=O)/C=C/c2cccs2)CCS(=O)(=O)C1. The maximum Gasteiger partial charge on any atom is 0.331 e. The first-order chi connectivity index (χ1) is 10.3. The average Bonchev–Trinajstić information content (AvgIpc) is 3.02. The Balaban J connectivity index is 1.77. The first-order valence-corrected chi connectivity index (χ1v) is 9.38. The molecule has 2 rings (SSSR count). The van der Waals surface area contributed by atoms with Crippen LogP contribution in [0.1, 0.15) is 18.2 Å². The van der Waals surface area contributed by atoms with E-state index in [-0.39, 0.29) is 11.5 Å². The minimum absolute atomic E-state index is 0.0626. The number of rotatable bonds is 5. The van der Waals surface area contributed by atoms with Crippen LogP contribution in [0.15, 0.2) is 23.6 Å². The summed E-state index contributed by atoms with van der Waals surface area (Å²) in [4.78, 5) is 24.1.